The molecule has 1 amide bonds. The summed E-state index contributed by atoms with van der Waals surface area (Å²) in [5, 5.41) is 5.33. The summed E-state index contributed by atoms with van der Waals surface area (Å²) < 4.78 is 7.37. The lowest BCUT2D eigenvalue weighted by molar-refractivity contribution is -0.118. The van der Waals surface area contributed by atoms with Gasteiger partial charge in [0.15, 0.2) is 5.16 Å². The lowest BCUT2D eigenvalue weighted by Gasteiger charge is -2.13. The van der Waals surface area contributed by atoms with E-state index in [4.69, 9.17) is 9.72 Å². The number of fused-ring (bicyclic) bond motifs is 3. The number of nitrogens with zero attached hydrogens (tertiary/aromatic N) is 3. The van der Waals surface area contributed by atoms with Gasteiger partial charge in [0.2, 0.25) is 0 Å². The molecule has 2 aromatic carbocycles. The van der Waals surface area contributed by atoms with Crippen LogP contribution >= 0.6 is 23.1 Å². The molecule has 5 rings (SSSR count). The number of para-hydroxylation sites is 1. The first-order valence-corrected chi connectivity index (χ1v) is 15.2. The van der Waals surface area contributed by atoms with Crippen LogP contribution in [0, 0.1) is 0 Å². The Morgan fingerprint density at radius 1 is 1.13 bits per heavy atom. The van der Waals surface area contributed by atoms with Crippen molar-refractivity contribution in [2.24, 2.45) is 5.10 Å². The number of hydrogen-bond acceptors (Lipinski definition) is 7. The van der Waals surface area contributed by atoms with Crippen LogP contribution in [0.25, 0.3) is 15.9 Å². The number of amides is 1. The van der Waals surface area contributed by atoms with Crippen LogP contribution < -0.4 is 15.7 Å². The minimum absolute atomic E-state index is 0.0654. The first-order valence-electron chi connectivity index (χ1n) is 13.4. The van der Waals surface area contributed by atoms with Gasteiger partial charge >= 0.3 is 0 Å². The van der Waals surface area contributed by atoms with E-state index in [2.05, 4.69) is 17.5 Å². The van der Waals surface area contributed by atoms with Crippen LogP contribution in [0.15, 0.2) is 69.6 Å². The van der Waals surface area contributed by atoms with Gasteiger partial charge in [0.25, 0.3) is 11.5 Å². The molecule has 0 radical (unpaired) electrons. The van der Waals surface area contributed by atoms with E-state index in [1.165, 1.54) is 16.6 Å². The van der Waals surface area contributed by atoms with Gasteiger partial charge < -0.3 is 4.74 Å². The molecule has 2 aromatic heterocycles. The molecule has 0 atom stereocenters. The molecule has 1 aliphatic carbocycles. The van der Waals surface area contributed by atoms with Crippen molar-refractivity contribution in [1.82, 2.24) is 15.0 Å². The Hall–Kier alpha value is -3.43. The summed E-state index contributed by atoms with van der Waals surface area (Å²) >= 11 is 2.85. The van der Waals surface area contributed by atoms with E-state index >= 15 is 0 Å². The second-order valence-electron chi connectivity index (χ2n) is 9.47. The molecule has 39 heavy (non-hydrogen) atoms. The number of aryl methyl sites for hydroxylation is 2. The highest BCUT2D eigenvalue weighted by molar-refractivity contribution is 7.99. The Morgan fingerprint density at radius 2 is 1.92 bits per heavy atom. The third kappa shape index (κ3) is 6.59. The van der Waals surface area contributed by atoms with E-state index in [-0.39, 0.29) is 17.2 Å². The Labute approximate surface area is 236 Å². The van der Waals surface area contributed by atoms with Gasteiger partial charge in [-0.05, 0) is 79.6 Å². The van der Waals surface area contributed by atoms with Crippen LogP contribution in [-0.2, 0) is 17.6 Å². The molecule has 0 saturated carbocycles. The number of carbonyl (C=O) groups excluding carboxylic acids is 1. The first kappa shape index (κ1) is 27.1. The Balaban J connectivity index is 1.26. The molecule has 9 heteroatoms. The fourth-order valence-electron chi connectivity index (χ4n) is 4.62. The van der Waals surface area contributed by atoms with Crippen molar-refractivity contribution in [3.63, 3.8) is 0 Å². The summed E-state index contributed by atoms with van der Waals surface area (Å²) in [5.41, 5.74) is 5.27. The van der Waals surface area contributed by atoms with Crippen LogP contribution in [0.1, 0.15) is 55.0 Å². The van der Waals surface area contributed by atoms with Gasteiger partial charge in [0, 0.05) is 4.88 Å². The van der Waals surface area contributed by atoms with Gasteiger partial charge in [-0.15, -0.1) is 11.3 Å². The summed E-state index contributed by atoms with van der Waals surface area (Å²) in [7, 11) is 0. The van der Waals surface area contributed by atoms with Crippen molar-refractivity contribution in [3.05, 3.63) is 81.0 Å². The van der Waals surface area contributed by atoms with Crippen LogP contribution in [0.4, 0.5) is 0 Å². The third-order valence-electron chi connectivity index (χ3n) is 6.60. The lowest BCUT2D eigenvalue weighted by Crippen LogP contribution is -2.24. The molecule has 0 saturated heterocycles. The van der Waals surface area contributed by atoms with Crippen molar-refractivity contribution >= 4 is 45.4 Å². The zero-order valence-electron chi connectivity index (χ0n) is 22.0. The van der Waals surface area contributed by atoms with Gasteiger partial charge in [-0.25, -0.2) is 10.4 Å². The second-order valence-corrected chi connectivity index (χ2v) is 11.5. The Bertz CT molecular complexity index is 1510. The van der Waals surface area contributed by atoms with E-state index in [1.807, 2.05) is 54.6 Å². The molecular weight excluding hydrogens is 528 g/mol. The molecule has 7 nitrogen and oxygen atoms in total. The molecule has 0 bridgehead atoms. The number of thioether (sulfide) groups is 1. The Kier molecular flexibility index (Phi) is 9.11. The van der Waals surface area contributed by atoms with Gasteiger partial charge in [-0.3, -0.25) is 14.2 Å². The SMILES string of the molecule is CCCCCOc1ccc(/C=N/NC(=O)CSc2nc3sc4c(c3c(=O)n2-c2ccccc2)CCCC4)cc1. The zero-order valence-corrected chi connectivity index (χ0v) is 23.7. The molecule has 1 aliphatic rings. The van der Waals surface area contributed by atoms with Crippen LogP contribution in [0.5, 0.6) is 5.75 Å². The van der Waals surface area contributed by atoms with Crippen molar-refractivity contribution in [1.29, 1.82) is 0 Å². The van der Waals surface area contributed by atoms with Crippen LogP contribution in [0.3, 0.4) is 0 Å². The maximum atomic E-state index is 13.8. The highest BCUT2D eigenvalue weighted by Crippen LogP contribution is 2.35. The van der Waals surface area contributed by atoms with E-state index in [9.17, 15) is 9.59 Å². The third-order valence-corrected chi connectivity index (χ3v) is 8.73. The fourth-order valence-corrected chi connectivity index (χ4v) is 6.73. The fraction of sp³-hybridized carbons (Fsp3) is 0.333. The van der Waals surface area contributed by atoms with Gasteiger partial charge in [-0.1, -0.05) is 49.7 Å². The normalized spacial score (nSPS) is 13.1. The number of carbonyl (C=O) groups is 1. The van der Waals surface area contributed by atoms with E-state index in [0.29, 0.717) is 11.8 Å². The standard InChI is InChI=1S/C30H32N4O3S2/c1-2-3-9-18-37-23-16-14-21(15-17-23)19-31-33-26(35)20-38-30-32-28-27(24-12-7-8-13-25(24)39-28)29(36)34(30)22-10-5-4-6-11-22/h4-6,10-11,14-17,19H,2-3,7-9,12-13,18,20H2,1H3,(H,33,35)/b31-19+. The number of nitrogens with one attached hydrogen (secondary N) is 1. The smallest absolute Gasteiger partial charge is 0.267 e. The average Bonchev–Trinajstić information content (AvgIpc) is 3.34. The van der Waals surface area contributed by atoms with Gasteiger partial charge in [0.1, 0.15) is 10.6 Å². The number of hydrazone groups is 1. The summed E-state index contributed by atoms with van der Waals surface area (Å²) in [4.78, 5) is 33.3. The molecule has 0 spiro atoms. The minimum atomic E-state index is -0.272. The van der Waals surface area contributed by atoms with Gasteiger partial charge in [0.05, 0.1) is 29.6 Å². The number of aromatic nitrogens is 2. The lowest BCUT2D eigenvalue weighted by atomic mass is 9.97. The van der Waals surface area contributed by atoms with E-state index < -0.39 is 0 Å². The maximum absolute atomic E-state index is 13.8. The molecular formula is C30H32N4O3S2. The van der Waals surface area contributed by atoms with Gasteiger partial charge in [-0.2, -0.15) is 5.10 Å². The number of rotatable bonds is 11. The monoisotopic (exact) mass is 560 g/mol. The summed E-state index contributed by atoms with van der Waals surface area (Å²) in [6.07, 6.45) is 9.13. The zero-order chi connectivity index (χ0) is 27.0. The summed E-state index contributed by atoms with van der Waals surface area (Å²) in [6.45, 7) is 2.88. The van der Waals surface area contributed by atoms with Crippen molar-refractivity contribution < 1.29 is 9.53 Å². The average molecular weight is 561 g/mol. The number of benzene rings is 2. The van der Waals surface area contributed by atoms with Crippen molar-refractivity contribution in [2.45, 2.75) is 57.0 Å². The molecule has 0 unspecified atom stereocenters. The number of thiophene rings is 1. The largest absolute Gasteiger partial charge is 0.494 e. The number of ether oxygens (including phenoxy) is 1. The minimum Gasteiger partial charge on any atom is -0.494 e. The predicted octanol–water partition coefficient (Wildman–Crippen LogP) is 6.14. The number of unbranched alkanes of at least 4 members (excludes halogenated alkanes) is 2. The molecule has 4 aromatic rings. The molecule has 2 heterocycles. The molecule has 1 N–H and O–H groups in total. The quantitative estimate of drug-likeness (QED) is 0.0783. The summed E-state index contributed by atoms with van der Waals surface area (Å²) in [5.74, 6) is 0.633. The molecule has 202 valence electrons. The van der Waals surface area contributed by atoms with Crippen molar-refractivity contribution in [2.75, 3.05) is 12.4 Å². The molecule has 0 aliphatic heterocycles. The number of hydrogen-bond donors (Lipinski definition) is 1. The second kappa shape index (κ2) is 13.1. The van der Waals surface area contributed by atoms with Crippen LogP contribution in [-0.4, -0.2) is 34.0 Å². The Morgan fingerprint density at radius 3 is 2.72 bits per heavy atom. The molecule has 0 fully saturated rings. The summed E-state index contributed by atoms with van der Waals surface area (Å²) in [6, 6.07) is 17.1. The highest BCUT2D eigenvalue weighted by Gasteiger charge is 2.23. The van der Waals surface area contributed by atoms with Crippen LogP contribution in [0.2, 0.25) is 0 Å². The van der Waals surface area contributed by atoms with E-state index in [0.717, 1.165) is 77.7 Å². The van der Waals surface area contributed by atoms with Crippen molar-refractivity contribution in [3.8, 4) is 11.4 Å². The maximum Gasteiger partial charge on any atom is 0.267 e. The topological polar surface area (TPSA) is 85.6 Å². The first-order chi connectivity index (χ1) is 19.1. The predicted molar refractivity (Wildman–Crippen MR) is 160 cm³/mol. The van der Waals surface area contributed by atoms with E-state index in [1.54, 1.807) is 22.1 Å². The highest BCUT2D eigenvalue weighted by atomic mass is 32.2.